The van der Waals surface area contributed by atoms with Crippen LogP contribution in [0.5, 0.6) is 11.5 Å². The van der Waals surface area contributed by atoms with Crippen molar-refractivity contribution >= 4 is 0 Å². The summed E-state index contributed by atoms with van der Waals surface area (Å²) in [6.07, 6.45) is 6.01. The fourth-order valence-electron chi connectivity index (χ4n) is 2.81. The molecule has 0 atom stereocenters. The van der Waals surface area contributed by atoms with Gasteiger partial charge in [0.2, 0.25) is 0 Å². The minimum atomic E-state index is -0.385. The van der Waals surface area contributed by atoms with Crippen molar-refractivity contribution < 1.29 is 13.9 Å². The number of ether oxygens (including phenoxy) is 2. The molecule has 4 rings (SSSR count). The van der Waals surface area contributed by atoms with E-state index in [4.69, 9.17) is 13.9 Å². The highest BCUT2D eigenvalue weighted by molar-refractivity contribution is 5.63. The molecular weight excluding hydrogens is 228 g/mol. The number of hydrogen-bond donors (Lipinski definition) is 0. The van der Waals surface area contributed by atoms with Crippen LogP contribution in [0.3, 0.4) is 0 Å². The summed E-state index contributed by atoms with van der Waals surface area (Å²) < 4.78 is 17.4. The highest BCUT2D eigenvalue weighted by atomic mass is 16.7. The molecule has 0 N–H and O–H groups in total. The molecule has 2 heterocycles. The van der Waals surface area contributed by atoms with E-state index in [1.807, 2.05) is 30.3 Å². The lowest BCUT2D eigenvalue weighted by molar-refractivity contribution is -0.0716. The van der Waals surface area contributed by atoms with Gasteiger partial charge in [0.25, 0.3) is 5.79 Å². The summed E-state index contributed by atoms with van der Waals surface area (Å²) in [5.41, 5.74) is 1.03. The fraction of sp³-hybridized carbons (Fsp3) is 0.333. The third kappa shape index (κ3) is 1.43. The first-order valence-electron chi connectivity index (χ1n) is 6.41. The maximum Gasteiger partial charge on any atom is 0.251 e. The van der Waals surface area contributed by atoms with Gasteiger partial charge in [0, 0.05) is 18.4 Å². The van der Waals surface area contributed by atoms with Crippen LogP contribution in [-0.4, -0.2) is 5.79 Å². The van der Waals surface area contributed by atoms with Crippen LogP contribution in [0.25, 0.3) is 11.3 Å². The average molecular weight is 242 g/mol. The van der Waals surface area contributed by atoms with Crippen LogP contribution >= 0.6 is 0 Å². The Labute approximate surface area is 105 Å². The topological polar surface area (TPSA) is 31.6 Å². The summed E-state index contributed by atoms with van der Waals surface area (Å²) >= 11 is 0. The van der Waals surface area contributed by atoms with E-state index in [0.717, 1.165) is 35.7 Å². The zero-order chi connectivity index (χ0) is 12.0. The van der Waals surface area contributed by atoms with Gasteiger partial charge < -0.3 is 13.9 Å². The second-order valence-electron chi connectivity index (χ2n) is 4.96. The Morgan fingerprint density at radius 1 is 0.944 bits per heavy atom. The number of hydrogen-bond acceptors (Lipinski definition) is 3. The average Bonchev–Trinajstić information content (AvgIpc) is 3.09. The molecule has 1 aromatic heterocycles. The number of benzene rings is 1. The van der Waals surface area contributed by atoms with Crippen LogP contribution in [0.1, 0.15) is 25.7 Å². The van der Waals surface area contributed by atoms with Crippen molar-refractivity contribution in [3.63, 3.8) is 0 Å². The van der Waals surface area contributed by atoms with Gasteiger partial charge in [-0.2, -0.15) is 0 Å². The Bertz CT molecular complexity index is 565. The first-order chi connectivity index (χ1) is 8.85. The Hall–Kier alpha value is -1.90. The molecule has 3 heteroatoms. The Kier molecular flexibility index (Phi) is 1.98. The van der Waals surface area contributed by atoms with Crippen LogP contribution in [0, 0.1) is 0 Å². The molecule has 1 saturated carbocycles. The molecule has 18 heavy (non-hydrogen) atoms. The van der Waals surface area contributed by atoms with E-state index in [1.54, 1.807) is 6.26 Å². The molecule has 0 saturated heterocycles. The SMILES string of the molecule is c1coc(-c2ccc3c(c2)OC2(CCCC2)O3)c1. The van der Waals surface area contributed by atoms with Crippen molar-refractivity contribution in [3.8, 4) is 22.8 Å². The normalized spacial score (nSPS) is 19.6. The van der Waals surface area contributed by atoms with Gasteiger partial charge >= 0.3 is 0 Å². The third-order valence-electron chi connectivity index (χ3n) is 3.71. The van der Waals surface area contributed by atoms with Crippen LogP contribution in [-0.2, 0) is 0 Å². The van der Waals surface area contributed by atoms with Gasteiger partial charge in [-0.25, -0.2) is 0 Å². The minimum absolute atomic E-state index is 0.385. The smallest absolute Gasteiger partial charge is 0.251 e. The molecule has 2 aromatic rings. The molecule has 3 nitrogen and oxygen atoms in total. The first-order valence-corrected chi connectivity index (χ1v) is 6.41. The van der Waals surface area contributed by atoms with E-state index < -0.39 is 0 Å². The maximum absolute atomic E-state index is 6.03. The summed E-state index contributed by atoms with van der Waals surface area (Å²) in [6, 6.07) is 9.82. The van der Waals surface area contributed by atoms with Gasteiger partial charge in [-0.1, -0.05) is 0 Å². The lowest BCUT2D eigenvalue weighted by atomic mass is 10.1. The monoisotopic (exact) mass is 242 g/mol. The lowest BCUT2D eigenvalue weighted by Gasteiger charge is -2.21. The minimum Gasteiger partial charge on any atom is -0.464 e. The Morgan fingerprint density at radius 2 is 1.78 bits per heavy atom. The van der Waals surface area contributed by atoms with E-state index in [1.165, 1.54) is 12.8 Å². The first kappa shape index (κ1) is 10.1. The molecule has 1 spiro atoms. The predicted octanol–water partition coefficient (Wildman–Crippen LogP) is 3.99. The lowest BCUT2D eigenvalue weighted by Crippen LogP contribution is -2.34. The second-order valence-corrected chi connectivity index (χ2v) is 4.96. The quantitative estimate of drug-likeness (QED) is 0.757. The van der Waals surface area contributed by atoms with Gasteiger partial charge in [-0.15, -0.1) is 0 Å². The van der Waals surface area contributed by atoms with Crippen molar-refractivity contribution in [1.29, 1.82) is 0 Å². The summed E-state index contributed by atoms with van der Waals surface area (Å²) in [5, 5.41) is 0. The third-order valence-corrected chi connectivity index (χ3v) is 3.71. The van der Waals surface area contributed by atoms with E-state index in [2.05, 4.69) is 0 Å². The molecule has 1 aromatic carbocycles. The highest BCUT2D eigenvalue weighted by Crippen LogP contribution is 2.47. The van der Waals surface area contributed by atoms with Crippen LogP contribution in [0.4, 0.5) is 0 Å². The van der Waals surface area contributed by atoms with Gasteiger partial charge in [0.1, 0.15) is 5.76 Å². The Morgan fingerprint density at radius 3 is 2.56 bits per heavy atom. The number of rotatable bonds is 1. The van der Waals surface area contributed by atoms with Crippen molar-refractivity contribution in [3.05, 3.63) is 36.6 Å². The molecule has 0 unspecified atom stereocenters. The molecular formula is C15H14O3. The largest absolute Gasteiger partial charge is 0.464 e. The van der Waals surface area contributed by atoms with Gasteiger partial charge in [-0.3, -0.25) is 0 Å². The van der Waals surface area contributed by atoms with Crippen LogP contribution in [0.2, 0.25) is 0 Å². The van der Waals surface area contributed by atoms with E-state index in [9.17, 15) is 0 Å². The zero-order valence-corrected chi connectivity index (χ0v) is 10.0. The van der Waals surface area contributed by atoms with Crippen LogP contribution < -0.4 is 9.47 Å². The van der Waals surface area contributed by atoms with Crippen molar-refractivity contribution in [2.24, 2.45) is 0 Å². The van der Waals surface area contributed by atoms with E-state index in [-0.39, 0.29) is 5.79 Å². The molecule has 2 aliphatic rings. The molecule has 1 fully saturated rings. The molecule has 1 aliphatic heterocycles. The molecule has 92 valence electrons. The van der Waals surface area contributed by atoms with Crippen molar-refractivity contribution in [2.45, 2.75) is 31.5 Å². The highest BCUT2D eigenvalue weighted by Gasteiger charge is 2.44. The number of furan rings is 1. The molecule has 0 radical (unpaired) electrons. The van der Waals surface area contributed by atoms with E-state index in [0.29, 0.717) is 0 Å². The van der Waals surface area contributed by atoms with Gasteiger partial charge in [0.05, 0.1) is 6.26 Å². The predicted molar refractivity (Wildman–Crippen MR) is 66.6 cm³/mol. The summed E-state index contributed by atoms with van der Waals surface area (Å²) in [4.78, 5) is 0. The molecule has 0 amide bonds. The second kappa shape index (κ2) is 3.55. The van der Waals surface area contributed by atoms with Crippen LogP contribution in [0.15, 0.2) is 41.0 Å². The van der Waals surface area contributed by atoms with Gasteiger partial charge in [0.15, 0.2) is 11.5 Å². The van der Waals surface area contributed by atoms with Crippen molar-refractivity contribution in [2.75, 3.05) is 0 Å². The fourth-order valence-corrected chi connectivity index (χ4v) is 2.81. The summed E-state index contributed by atoms with van der Waals surface area (Å²) in [5.74, 6) is 2.16. The molecule has 1 aliphatic carbocycles. The van der Waals surface area contributed by atoms with E-state index >= 15 is 0 Å². The summed E-state index contributed by atoms with van der Waals surface area (Å²) in [7, 11) is 0. The standard InChI is InChI=1S/C15H14O3/c1-2-8-15(7-1)17-13-6-5-11(10-14(13)18-15)12-4-3-9-16-12/h3-6,9-10H,1-2,7-8H2. The summed E-state index contributed by atoms with van der Waals surface area (Å²) in [6.45, 7) is 0. The van der Waals surface area contributed by atoms with Gasteiger partial charge in [-0.05, 0) is 43.2 Å². The zero-order valence-electron chi connectivity index (χ0n) is 10.0. The number of fused-ring (bicyclic) bond motifs is 1. The Balaban J connectivity index is 1.71. The maximum atomic E-state index is 6.03. The van der Waals surface area contributed by atoms with Crippen molar-refractivity contribution in [1.82, 2.24) is 0 Å². The molecule has 0 bridgehead atoms.